The van der Waals surface area contributed by atoms with Gasteiger partial charge >= 0.3 is 0 Å². The molecule has 0 aliphatic heterocycles. The first kappa shape index (κ1) is 16.8. The maximum Gasteiger partial charge on any atom is 0.159 e. The molecule has 4 N–H and O–H groups in total. The molecule has 0 aliphatic carbocycles. The third kappa shape index (κ3) is 4.47. The highest BCUT2D eigenvalue weighted by molar-refractivity contribution is 5.77. The number of nitrogens with zero attached hydrogens (tertiary/aromatic N) is 4. The molecule has 0 amide bonds. The molecule has 130 valence electrons. The van der Waals surface area contributed by atoms with Gasteiger partial charge in [0.15, 0.2) is 11.6 Å². The maximum atomic E-state index is 6.22. The molecule has 2 heterocycles. The van der Waals surface area contributed by atoms with Crippen molar-refractivity contribution in [1.29, 1.82) is 0 Å². The van der Waals surface area contributed by atoms with Crippen LogP contribution < -0.4 is 16.4 Å². The predicted octanol–water partition coefficient (Wildman–Crippen LogP) is 3.12. The van der Waals surface area contributed by atoms with Crippen LogP contribution in [0.4, 0.5) is 23.0 Å². The molecule has 25 heavy (non-hydrogen) atoms. The minimum Gasteiger partial charge on any atom is -0.393 e. The number of anilines is 4. The molecule has 0 saturated heterocycles. The van der Waals surface area contributed by atoms with Crippen molar-refractivity contribution in [3.05, 3.63) is 54.4 Å². The summed E-state index contributed by atoms with van der Waals surface area (Å²) in [7, 11) is 0. The fourth-order valence-corrected chi connectivity index (χ4v) is 2.71. The average Bonchev–Trinajstić information content (AvgIpc) is 3.07. The lowest BCUT2D eigenvalue weighted by atomic mass is 10.1. The molecule has 7 nitrogen and oxygen atoms in total. The minimum atomic E-state index is 0.518. The molecule has 0 atom stereocenters. The summed E-state index contributed by atoms with van der Waals surface area (Å²) < 4.78 is 2.04. The quantitative estimate of drug-likeness (QED) is 0.574. The Morgan fingerprint density at radius 3 is 2.56 bits per heavy atom. The number of hydrogen-bond acceptors (Lipinski definition) is 6. The first-order valence-corrected chi connectivity index (χ1v) is 8.27. The zero-order valence-electron chi connectivity index (χ0n) is 14.5. The molecule has 0 radical (unpaired) electrons. The van der Waals surface area contributed by atoms with Gasteiger partial charge in [0.1, 0.15) is 12.0 Å². The number of nitrogens with two attached hydrogens (primary N) is 1. The van der Waals surface area contributed by atoms with E-state index in [2.05, 4.69) is 57.6 Å². The predicted molar refractivity (Wildman–Crippen MR) is 101 cm³/mol. The van der Waals surface area contributed by atoms with E-state index < -0.39 is 0 Å². The van der Waals surface area contributed by atoms with Crippen LogP contribution in [0.3, 0.4) is 0 Å². The molecule has 0 aliphatic rings. The highest BCUT2D eigenvalue weighted by Crippen LogP contribution is 2.26. The van der Waals surface area contributed by atoms with Crippen molar-refractivity contribution in [2.45, 2.75) is 26.8 Å². The molecular weight excluding hydrogens is 314 g/mol. The zero-order chi connectivity index (χ0) is 17.6. The second-order valence-corrected chi connectivity index (χ2v) is 6.07. The average molecular weight is 337 g/mol. The van der Waals surface area contributed by atoms with Crippen molar-refractivity contribution in [2.75, 3.05) is 22.9 Å². The van der Waals surface area contributed by atoms with Gasteiger partial charge in [-0.05, 0) is 43.5 Å². The molecule has 7 heteroatoms. The van der Waals surface area contributed by atoms with Gasteiger partial charge in [-0.15, -0.1) is 0 Å². The number of imidazole rings is 1. The van der Waals surface area contributed by atoms with E-state index in [9.17, 15) is 0 Å². The highest BCUT2D eigenvalue weighted by atomic mass is 15.1. The van der Waals surface area contributed by atoms with Gasteiger partial charge in [-0.25, -0.2) is 15.0 Å². The SMILES string of the molecule is Cc1cc(C)cc(Nc2ncnc(NCCCn3ccnc3)c2N)c1. The first-order valence-electron chi connectivity index (χ1n) is 8.27. The van der Waals surface area contributed by atoms with Gasteiger partial charge in [-0.1, -0.05) is 6.07 Å². The Morgan fingerprint density at radius 2 is 1.84 bits per heavy atom. The lowest BCUT2D eigenvalue weighted by molar-refractivity contribution is 0.660. The molecule has 1 aromatic carbocycles. The van der Waals surface area contributed by atoms with Crippen molar-refractivity contribution in [1.82, 2.24) is 19.5 Å². The van der Waals surface area contributed by atoms with Gasteiger partial charge in [0, 0.05) is 31.2 Å². The largest absolute Gasteiger partial charge is 0.393 e. The van der Waals surface area contributed by atoms with Gasteiger partial charge in [-0.2, -0.15) is 0 Å². The van der Waals surface area contributed by atoms with Crippen molar-refractivity contribution in [2.24, 2.45) is 0 Å². The Bertz CT molecular complexity index is 807. The Kier molecular flexibility index (Phi) is 5.13. The minimum absolute atomic E-state index is 0.518. The molecular formula is C18H23N7. The van der Waals surface area contributed by atoms with Crippen LogP contribution in [0.25, 0.3) is 0 Å². The molecule has 0 bridgehead atoms. The third-order valence-corrected chi connectivity index (χ3v) is 3.81. The Balaban J connectivity index is 1.63. The van der Waals surface area contributed by atoms with Crippen LogP contribution in [0.5, 0.6) is 0 Å². The molecule has 0 unspecified atom stereocenters. The van der Waals surface area contributed by atoms with Crippen LogP contribution in [0.15, 0.2) is 43.2 Å². The van der Waals surface area contributed by atoms with E-state index in [-0.39, 0.29) is 0 Å². The number of aromatic nitrogens is 4. The Labute approximate surface area is 147 Å². The molecule has 0 spiro atoms. The van der Waals surface area contributed by atoms with Crippen LogP contribution in [-0.4, -0.2) is 26.1 Å². The van der Waals surface area contributed by atoms with Crippen molar-refractivity contribution >= 4 is 23.0 Å². The van der Waals surface area contributed by atoms with Crippen molar-refractivity contribution in [3.63, 3.8) is 0 Å². The van der Waals surface area contributed by atoms with Gasteiger partial charge in [0.2, 0.25) is 0 Å². The summed E-state index contributed by atoms with van der Waals surface area (Å²) in [6.45, 7) is 5.79. The smallest absolute Gasteiger partial charge is 0.159 e. The molecule has 3 aromatic rings. The Morgan fingerprint density at radius 1 is 1.08 bits per heavy atom. The van der Waals surface area contributed by atoms with E-state index in [1.54, 1.807) is 6.20 Å². The second-order valence-electron chi connectivity index (χ2n) is 6.07. The number of nitrogen functional groups attached to an aromatic ring is 1. The fraction of sp³-hybridized carbons (Fsp3) is 0.278. The fourth-order valence-electron chi connectivity index (χ4n) is 2.71. The third-order valence-electron chi connectivity index (χ3n) is 3.81. The van der Waals surface area contributed by atoms with Crippen molar-refractivity contribution < 1.29 is 0 Å². The number of hydrogen-bond donors (Lipinski definition) is 3. The highest BCUT2D eigenvalue weighted by Gasteiger charge is 2.08. The van der Waals surface area contributed by atoms with E-state index in [1.807, 2.05) is 17.1 Å². The molecule has 0 fully saturated rings. The van der Waals surface area contributed by atoms with E-state index >= 15 is 0 Å². The molecule has 3 rings (SSSR count). The van der Waals surface area contributed by atoms with E-state index in [0.717, 1.165) is 25.2 Å². The molecule has 2 aromatic heterocycles. The lowest BCUT2D eigenvalue weighted by Gasteiger charge is -2.13. The molecule has 0 saturated carbocycles. The summed E-state index contributed by atoms with van der Waals surface area (Å²) in [5, 5.41) is 6.55. The number of aryl methyl sites for hydroxylation is 3. The Hall–Kier alpha value is -3.09. The summed E-state index contributed by atoms with van der Waals surface area (Å²) in [6.07, 6.45) is 8.00. The first-order chi connectivity index (χ1) is 12.1. The van der Waals surface area contributed by atoms with Gasteiger partial charge < -0.3 is 20.9 Å². The standard InChI is InChI=1S/C18H23N7/c1-13-8-14(2)10-15(9-13)24-18-16(19)17(22-11-23-18)21-4-3-6-25-7-5-20-12-25/h5,7-12H,3-4,6,19H2,1-2H3,(H2,21,22,23,24). The topological polar surface area (TPSA) is 93.7 Å². The van der Waals surface area contributed by atoms with E-state index in [0.29, 0.717) is 17.3 Å². The number of benzene rings is 1. The van der Waals surface area contributed by atoms with Crippen LogP contribution in [-0.2, 0) is 6.54 Å². The lowest BCUT2D eigenvalue weighted by Crippen LogP contribution is -2.10. The van der Waals surface area contributed by atoms with Gasteiger partial charge in [0.25, 0.3) is 0 Å². The second kappa shape index (κ2) is 7.65. The zero-order valence-corrected chi connectivity index (χ0v) is 14.5. The van der Waals surface area contributed by atoms with Gasteiger partial charge in [0.05, 0.1) is 6.33 Å². The summed E-state index contributed by atoms with van der Waals surface area (Å²) in [6, 6.07) is 6.25. The normalized spacial score (nSPS) is 10.6. The van der Waals surface area contributed by atoms with Crippen LogP contribution >= 0.6 is 0 Å². The van der Waals surface area contributed by atoms with Crippen LogP contribution in [0.1, 0.15) is 17.5 Å². The van der Waals surface area contributed by atoms with Gasteiger partial charge in [-0.3, -0.25) is 0 Å². The summed E-state index contributed by atoms with van der Waals surface area (Å²) in [4.78, 5) is 12.5. The number of nitrogens with one attached hydrogen (secondary N) is 2. The summed E-state index contributed by atoms with van der Waals surface area (Å²) in [5.41, 5.74) is 10.1. The van der Waals surface area contributed by atoms with Crippen LogP contribution in [0, 0.1) is 13.8 Å². The van der Waals surface area contributed by atoms with Crippen molar-refractivity contribution in [3.8, 4) is 0 Å². The summed E-state index contributed by atoms with van der Waals surface area (Å²) >= 11 is 0. The van der Waals surface area contributed by atoms with Crippen LogP contribution in [0.2, 0.25) is 0 Å². The van der Waals surface area contributed by atoms with E-state index in [1.165, 1.54) is 17.5 Å². The maximum absolute atomic E-state index is 6.22. The van der Waals surface area contributed by atoms with E-state index in [4.69, 9.17) is 5.73 Å². The monoisotopic (exact) mass is 337 g/mol. The summed E-state index contributed by atoms with van der Waals surface area (Å²) in [5.74, 6) is 1.25. The number of rotatable bonds is 7.